The van der Waals surface area contributed by atoms with E-state index in [0.29, 0.717) is 11.5 Å². The monoisotopic (exact) mass is 475 g/mol. The molecule has 2 amide bonds. The van der Waals surface area contributed by atoms with Crippen LogP contribution in [0.25, 0.3) is 0 Å². The molecule has 1 aliphatic rings. The normalized spacial score (nSPS) is 15.1. The number of nitrogens with zero attached hydrogens (tertiary/aromatic N) is 2. The first-order chi connectivity index (χ1) is 16.5. The Labute approximate surface area is 206 Å². The van der Waals surface area contributed by atoms with E-state index in [2.05, 4.69) is 24.1 Å². The van der Waals surface area contributed by atoms with Crippen LogP contribution in [0.4, 0.5) is 5.69 Å². The highest BCUT2D eigenvalue weighted by atomic mass is 32.1. The van der Waals surface area contributed by atoms with Gasteiger partial charge in [0.2, 0.25) is 11.8 Å². The van der Waals surface area contributed by atoms with E-state index in [9.17, 15) is 9.59 Å². The number of carbonyl (C=O) groups is 2. The van der Waals surface area contributed by atoms with Crippen LogP contribution in [0.3, 0.4) is 0 Å². The number of anilines is 1. The fourth-order valence-corrected chi connectivity index (χ4v) is 5.28. The lowest BCUT2D eigenvalue weighted by molar-refractivity contribution is -0.127. The van der Waals surface area contributed by atoms with Gasteiger partial charge < -0.3 is 5.32 Å². The van der Waals surface area contributed by atoms with Gasteiger partial charge in [0.05, 0.1) is 6.42 Å². The van der Waals surface area contributed by atoms with Gasteiger partial charge in [-0.15, -0.1) is 11.3 Å². The molecular weight excluding hydrogens is 442 g/mol. The highest BCUT2D eigenvalue weighted by Crippen LogP contribution is 2.31. The summed E-state index contributed by atoms with van der Waals surface area (Å²) in [5.41, 5.74) is 2.63. The van der Waals surface area contributed by atoms with Gasteiger partial charge >= 0.3 is 0 Å². The molecule has 2 heterocycles. The van der Waals surface area contributed by atoms with Crippen LogP contribution < -0.4 is 10.2 Å². The molecule has 2 aromatic heterocycles. The first-order valence-electron chi connectivity index (χ1n) is 12.2. The fraction of sp³-hybridized carbons (Fsp3) is 0.393. The molecule has 0 spiro atoms. The van der Waals surface area contributed by atoms with Crippen molar-refractivity contribution in [3.8, 4) is 0 Å². The number of pyridine rings is 1. The van der Waals surface area contributed by atoms with Crippen LogP contribution in [0.2, 0.25) is 0 Å². The predicted octanol–water partition coefficient (Wildman–Crippen LogP) is 6.03. The molecule has 6 heteroatoms. The Morgan fingerprint density at radius 3 is 2.41 bits per heavy atom. The average Bonchev–Trinajstić information content (AvgIpc) is 3.36. The van der Waals surface area contributed by atoms with E-state index in [1.807, 2.05) is 53.9 Å². The topological polar surface area (TPSA) is 62.3 Å². The summed E-state index contributed by atoms with van der Waals surface area (Å²) in [6, 6.07) is 15.0. The Bertz CT molecular complexity index is 1060. The van der Waals surface area contributed by atoms with Crippen LogP contribution in [0, 0.1) is 0 Å². The third-order valence-corrected chi connectivity index (χ3v) is 7.35. The maximum atomic E-state index is 13.8. The molecule has 4 rings (SSSR count). The zero-order valence-electron chi connectivity index (χ0n) is 19.9. The first-order valence-corrected chi connectivity index (χ1v) is 13.1. The largest absolute Gasteiger partial charge is 0.351 e. The van der Waals surface area contributed by atoms with Crippen LogP contribution in [0.15, 0.2) is 66.3 Å². The van der Waals surface area contributed by atoms with E-state index in [1.165, 1.54) is 12.0 Å². The summed E-state index contributed by atoms with van der Waals surface area (Å²) in [5.74, 6) is 0.132. The summed E-state index contributed by atoms with van der Waals surface area (Å²) in [7, 11) is 0. The summed E-state index contributed by atoms with van der Waals surface area (Å²) >= 11 is 1.55. The van der Waals surface area contributed by atoms with Crippen molar-refractivity contribution < 1.29 is 9.59 Å². The van der Waals surface area contributed by atoms with E-state index < -0.39 is 6.04 Å². The van der Waals surface area contributed by atoms with Gasteiger partial charge in [0.1, 0.15) is 6.04 Å². The molecule has 1 aliphatic carbocycles. The molecule has 178 valence electrons. The molecule has 1 fully saturated rings. The van der Waals surface area contributed by atoms with Gasteiger partial charge in [-0.05, 0) is 54.0 Å². The van der Waals surface area contributed by atoms with Crippen LogP contribution in [0.1, 0.15) is 73.9 Å². The van der Waals surface area contributed by atoms with Gasteiger partial charge in [0.15, 0.2) is 0 Å². The van der Waals surface area contributed by atoms with Gasteiger partial charge in [0.25, 0.3) is 0 Å². The van der Waals surface area contributed by atoms with Crippen molar-refractivity contribution in [1.82, 2.24) is 10.3 Å². The van der Waals surface area contributed by atoms with E-state index in [-0.39, 0.29) is 24.3 Å². The Balaban J connectivity index is 1.72. The Kier molecular flexibility index (Phi) is 8.12. The molecule has 1 atom stereocenters. The molecule has 1 aromatic carbocycles. The molecule has 1 N–H and O–H groups in total. The maximum absolute atomic E-state index is 13.8. The minimum Gasteiger partial charge on any atom is -0.351 e. The molecular formula is C28H33N3O2S. The molecule has 1 unspecified atom stereocenters. The fourth-order valence-electron chi connectivity index (χ4n) is 4.59. The number of aromatic nitrogens is 1. The Morgan fingerprint density at radius 1 is 1.03 bits per heavy atom. The van der Waals surface area contributed by atoms with Crippen molar-refractivity contribution in [1.29, 1.82) is 0 Å². The van der Waals surface area contributed by atoms with E-state index in [1.54, 1.807) is 28.6 Å². The Hall–Kier alpha value is -2.99. The lowest BCUT2D eigenvalue weighted by Gasteiger charge is -2.33. The van der Waals surface area contributed by atoms with Crippen molar-refractivity contribution in [2.24, 2.45) is 0 Å². The van der Waals surface area contributed by atoms with Crippen molar-refractivity contribution in [2.75, 3.05) is 4.90 Å². The van der Waals surface area contributed by atoms with Crippen molar-refractivity contribution >= 4 is 28.8 Å². The van der Waals surface area contributed by atoms with Crippen molar-refractivity contribution in [2.45, 2.75) is 70.4 Å². The van der Waals surface area contributed by atoms with Crippen LogP contribution in [-0.2, 0) is 16.0 Å². The SMILES string of the molecule is CC(C)c1ccc(N(C(=O)Cc2cccs2)C(C(=O)NC2CCCCC2)c2cccnc2)cc1. The van der Waals surface area contributed by atoms with Gasteiger partial charge in [-0.2, -0.15) is 0 Å². The number of hydrogen-bond acceptors (Lipinski definition) is 4. The molecule has 34 heavy (non-hydrogen) atoms. The summed E-state index contributed by atoms with van der Waals surface area (Å²) in [6.45, 7) is 4.29. The van der Waals surface area contributed by atoms with Gasteiger partial charge in [0, 0.05) is 34.6 Å². The lowest BCUT2D eigenvalue weighted by atomic mass is 9.94. The van der Waals surface area contributed by atoms with Crippen LogP contribution in [-0.4, -0.2) is 22.8 Å². The second kappa shape index (κ2) is 11.4. The van der Waals surface area contributed by atoms with Crippen molar-refractivity contribution in [3.63, 3.8) is 0 Å². The third kappa shape index (κ3) is 5.92. The molecule has 0 aliphatic heterocycles. The number of carbonyl (C=O) groups excluding carboxylic acids is 2. The van der Waals surface area contributed by atoms with Gasteiger partial charge in [-0.25, -0.2) is 0 Å². The molecule has 3 aromatic rings. The van der Waals surface area contributed by atoms with Crippen molar-refractivity contribution in [3.05, 3.63) is 82.3 Å². The summed E-state index contributed by atoms with van der Waals surface area (Å²) in [6.07, 6.45) is 9.06. The minimum absolute atomic E-state index is 0.104. The lowest BCUT2D eigenvalue weighted by Crippen LogP contribution is -2.47. The molecule has 0 radical (unpaired) electrons. The molecule has 5 nitrogen and oxygen atoms in total. The summed E-state index contributed by atoms with van der Waals surface area (Å²) in [4.78, 5) is 34.5. The standard InChI is InChI=1S/C28H33N3O2S/c1-20(2)21-12-14-24(15-13-21)31(26(32)18-25-11-7-17-34-25)27(22-8-6-16-29-19-22)28(33)30-23-9-4-3-5-10-23/h6-8,11-17,19-20,23,27H,3-5,9-10,18H2,1-2H3,(H,30,33). The number of nitrogens with one attached hydrogen (secondary N) is 1. The summed E-state index contributed by atoms with van der Waals surface area (Å²) in [5, 5.41) is 5.22. The first kappa shape index (κ1) is 24.1. The number of hydrogen-bond donors (Lipinski definition) is 1. The smallest absolute Gasteiger partial charge is 0.248 e. The second-order valence-electron chi connectivity index (χ2n) is 9.30. The zero-order valence-corrected chi connectivity index (χ0v) is 20.8. The molecule has 0 bridgehead atoms. The van der Waals surface area contributed by atoms with Crippen LogP contribution >= 0.6 is 11.3 Å². The van der Waals surface area contributed by atoms with E-state index >= 15 is 0 Å². The number of amides is 2. The quantitative estimate of drug-likeness (QED) is 0.432. The number of thiophene rings is 1. The van der Waals surface area contributed by atoms with Gasteiger partial charge in [-0.3, -0.25) is 19.5 Å². The number of benzene rings is 1. The number of rotatable bonds is 8. The third-order valence-electron chi connectivity index (χ3n) is 6.47. The predicted molar refractivity (Wildman–Crippen MR) is 138 cm³/mol. The van der Waals surface area contributed by atoms with E-state index in [0.717, 1.165) is 36.2 Å². The maximum Gasteiger partial charge on any atom is 0.248 e. The minimum atomic E-state index is -0.784. The zero-order chi connectivity index (χ0) is 23.9. The van der Waals surface area contributed by atoms with E-state index in [4.69, 9.17) is 0 Å². The molecule has 1 saturated carbocycles. The highest BCUT2D eigenvalue weighted by Gasteiger charge is 2.34. The second-order valence-corrected chi connectivity index (χ2v) is 10.3. The Morgan fingerprint density at radius 2 is 1.79 bits per heavy atom. The average molecular weight is 476 g/mol. The molecule has 0 saturated heterocycles. The highest BCUT2D eigenvalue weighted by molar-refractivity contribution is 7.10. The van der Waals surface area contributed by atoms with Gasteiger partial charge in [-0.1, -0.05) is 57.4 Å². The van der Waals surface area contributed by atoms with Crippen LogP contribution in [0.5, 0.6) is 0 Å². The summed E-state index contributed by atoms with van der Waals surface area (Å²) < 4.78 is 0.